The van der Waals surface area contributed by atoms with Gasteiger partial charge >= 0.3 is 6.09 Å². The van der Waals surface area contributed by atoms with Crippen molar-refractivity contribution in [2.45, 2.75) is 32.3 Å². The fourth-order valence-electron chi connectivity index (χ4n) is 4.09. The zero-order chi connectivity index (χ0) is 22.1. The average molecular weight is 402 g/mol. The Bertz CT molecular complexity index is 1030. The number of pyridine rings is 1. The Labute approximate surface area is 175 Å². The van der Waals surface area contributed by atoms with Crippen molar-refractivity contribution < 1.29 is 9.53 Å². The molecule has 1 amide bonds. The van der Waals surface area contributed by atoms with E-state index in [1.165, 1.54) is 4.90 Å². The summed E-state index contributed by atoms with van der Waals surface area (Å²) in [7, 11) is 0. The quantitative estimate of drug-likeness (QED) is 0.761. The second-order valence-corrected chi connectivity index (χ2v) is 8.35. The number of nitrogens with two attached hydrogens (primary N) is 1. The van der Waals surface area contributed by atoms with E-state index in [4.69, 9.17) is 10.5 Å². The first-order valence-electron chi connectivity index (χ1n) is 9.49. The van der Waals surface area contributed by atoms with Crippen molar-refractivity contribution in [2.24, 2.45) is 17.1 Å². The summed E-state index contributed by atoms with van der Waals surface area (Å²) in [5, 5.41) is 29.8. The van der Waals surface area contributed by atoms with E-state index in [0.717, 1.165) is 0 Å². The van der Waals surface area contributed by atoms with Gasteiger partial charge in [-0.1, -0.05) is 12.1 Å². The van der Waals surface area contributed by atoms with E-state index < -0.39 is 28.9 Å². The summed E-state index contributed by atoms with van der Waals surface area (Å²) in [5.74, 6) is -1.19. The topological polar surface area (TPSA) is 140 Å². The molecule has 8 nitrogen and oxygen atoms in total. The molecule has 0 radical (unpaired) electrons. The number of carbonyl (C=O) groups is 1. The second kappa shape index (κ2) is 7.54. The monoisotopic (exact) mass is 402 g/mol. The number of allylic oxidation sites excluding steroid dienone is 2. The number of nitrogens with zero attached hydrogens (tertiary/aromatic N) is 5. The molecule has 152 valence electrons. The van der Waals surface area contributed by atoms with Crippen LogP contribution in [0.2, 0.25) is 0 Å². The van der Waals surface area contributed by atoms with Crippen LogP contribution in [0.25, 0.3) is 0 Å². The van der Waals surface area contributed by atoms with Crippen LogP contribution in [0.5, 0.6) is 0 Å². The van der Waals surface area contributed by atoms with Crippen LogP contribution < -0.4 is 5.73 Å². The Morgan fingerprint density at radius 1 is 1.33 bits per heavy atom. The second-order valence-electron chi connectivity index (χ2n) is 8.35. The highest BCUT2D eigenvalue weighted by Crippen LogP contribution is 2.54. The van der Waals surface area contributed by atoms with Crippen LogP contribution in [-0.4, -0.2) is 34.7 Å². The molecule has 0 saturated carbocycles. The third-order valence-corrected chi connectivity index (χ3v) is 5.36. The summed E-state index contributed by atoms with van der Waals surface area (Å²) in [6.07, 6.45) is 4.44. The van der Waals surface area contributed by atoms with Crippen molar-refractivity contribution >= 4 is 6.09 Å². The van der Waals surface area contributed by atoms with E-state index in [1.54, 1.807) is 51.4 Å². The van der Waals surface area contributed by atoms with Gasteiger partial charge in [0.2, 0.25) is 0 Å². The standard InChI is InChI=1S/C22H22N6O2/c1-21(2,3)30-20(29)28-8-6-15-16(9-23)19(26)22(12-24,13-25)18(17(15)11-28)14-5-4-7-27-10-14/h4-7,10,17-18H,8,11,26H2,1-3H3/t17-,18+/m1/s1. The van der Waals surface area contributed by atoms with Gasteiger partial charge in [0, 0.05) is 37.3 Å². The molecular formula is C22H22N6O2. The number of hydrogen-bond donors (Lipinski definition) is 1. The predicted octanol–water partition coefficient (Wildman–Crippen LogP) is 2.74. The lowest BCUT2D eigenvalue weighted by Gasteiger charge is -2.45. The van der Waals surface area contributed by atoms with Gasteiger partial charge in [0.05, 0.1) is 23.4 Å². The van der Waals surface area contributed by atoms with E-state index in [0.29, 0.717) is 11.1 Å². The fraction of sp³-hybridized carbons (Fsp3) is 0.409. The molecule has 30 heavy (non-hydrogen) atoms. The molecule has 0 spiro atoms. The summed E-state index contributed by atoms with van der Waals surface area (Å²) in [6, 6.07) is 9.67. The number of fused-ring (bicyclic) bond motifs is 1. The molecule has 2 heterocycles. The number of ether oxygens (including phenoxy) is 1. The SMILES string of the molecule is CC(C)(C)OC(=O)N1CC=C2C(C#N)=C(N)C(C#N)(C#N)[C@@H](c3cccnc3)[C@@H]2C1. The first-order valence-corrected chi connectivity index (χ1v) is 9.49. The van der Waals surface area contributed by atoms with Gasteiger partial charge in [-0.25, -0.2) is 4.79 Å². The number of nitriles is 3. The highest BCUT2D eigenvalue weighted by molar-refractivity contribution is 5.70. The molecule has 0 fully saturated rings. The molecule has 1 aliphatic carbocycles. The van der Waals surface area contributed by atoms with Crippen molar-refractivity contribution in [1.82, 2.24) is 9.88 Å². The first-order chi connectivity index (χ1) is 14.2. The molecule has 0 aromatic carbocycles. The van der Waals surface area contributed by atoms with Crippen LogP contribution in [0.3, 0.4) is 0 Å². The molecule has 0 saturated heterocycles. The molecule has 3 rings (SSSR count). The van der Waals surface area contributed by atoms with Crippen molar-refractivity contribution in [3.63, 3.8) is 0 Å². The van der Waals surface area contributed by atoms with Crippen molar-refractivity contribution in [3.05, 3.63) is 53.0 Å². The van der Waals surface area contributed by atoms with E-state index in [-0.39, 0.29) is 24.4 Å². The molecule has 2 aliphatic rings. The number of amides is 1. The molecule has 0 unspecified atom stereocenters. The maximum absolute atomic E-state index is 12.7. The number of carbonyl (C=O) groups excluding carboxylic acids is 1. The number of hydrogen-bond acceptors (Lipinski definition) is 7. The minimum Gasteiger partial charge on any atom is -0.444 e. The third kappa shape index (κ3) is 3.36. The number of rotatable bonds is 1. The Kier molecular flexibility index (Phi) is 5.25. The highest BCUT2D eigenvalue weighted by atomic mass is 16.6. The molecule has 1 aromatic heterocycles. The smallest absolute Gasteiger partial charge is 0.410 e. The number of aromatic nitrogens is 1. The Morgan fingerprint density at radius 3 is 2.57 bits per heavy atom. The summed E-state index contributed by atoms with van der Waals surface area (Å²) in [6.45, 7) is 5.77. The summed E-state index contributed by atoms with van der Waals surface area (Å²) < 4.78 is 5.49. The zero-order valence-corrected chi connectivity index (χ0v) is 17.1. The molecule has 2 N–H and O–H groups in total. The van der Waals surface area contributed by atoms with Crippen molar-refractivity contribution in [2.75, 3.05) is 13.1 Å². The van der Waals surface area contributed by atoms with E-state index in [9.17, 15) is 20.6 Å². The van der Waals surface area contributed by atoms with Crippen molar-refractivity contribution in [3.8, 4) is 18.2 Å². The van der Waals surface area contributed by atoms with E-state index in [2.05, 4.69) is 23.2 Å². The van der Waals surface area contributed by atoms with Crippen LogP contribution >= 0.6 is 0 Å². The van der Waals surface area contributed by atoms with Gasteiger partial charge in [-0.3, -0.25) is 4.98 Å². The lowest BCUT2D eigenvalue weighted by molar-refractivity contribution is 0.0224. The molecule has 8 heteroatoms. The molecule has 1 aliphatic heterocycles. The Hall–Kier alpha value is -3.83. The van der Waals surface area contributed by atoms with Gasteiger partial charge in [0.25, 0.3) is 0 Å². The average Bonchev–Trinajstić information content (AvgIpc) is 2.72. The third-order valence-electron chi connectivity index (χ3n) is 5.36. The minimum absolute atomic E-state index is 0.0583. The van der Waals surface area contributed by atoms with Crippen LogP contribution in [0, 0.1) is 45.3 Å². The van der Waals surface area contributed by atoms with Crippen LogP contribution in [-0.2, 0) is 4.74 Å². The van der Waals surface area contributed by atoms with Gasteiger partial charge in [-0.05, 0) is 38.0 Å². The van der Waals surface area contributed by atoms with Gasteiger partial charge < -0.3 is 15.4 Å². The van der Waals surface area contributed by atoms with Crippen LogP contribution in [0.1, 0.15) is 32.3 Å². The summed E-state index contributed by atoms with van der Waals surface area (Å²) >= 11 is 0. The molecule has 2 atom stereocenters. The normalized spacial score (nSPS) is 22.7. The zero-order valence-electron chi connectivity index (χ0n) is 17.1. The largest absolute Gasteiger partial charge is 0.444 e. The van der Waals surface area contributed by atoms with Gasteiger partial charge in [-0.15, -0.1) is 0 Å². The lowest BCUT2D eigenvalue weighted by atomic mass is 9.58. The van der Waals surface area contributed by atoms with Crippen molar-refractivity contribution in [1.29, 1.82) is 15.8 Å². The van der Waals surface area contributed by atoms with Gasteiger partial charge in [0.1, 0.15) is 11.7 Å². The van der Waals surface area contributed by atoms with Gasteiger partial charge in [-0.2, -0.15) is 15.8 Å². The Morgan fingerprint density at radius 2 is 2.03 bits per heavy atom. The van der Waals surface area contributed by atoms with Crippen LogP contribution in [0.4, 0.5) is 4.79 Å². The molecule has 0 bridgehead atoms. The van der Waals surface area contributed by atoms with Gasteiger partial charge in [0.15, 0.2) is 5.41 Å². The van der Waals surface area contributed by atoms with E-state index >= 15 is 0 Å². The first kappa shape index (κ1) is 20.9. The Balaban J connectivity index is 2.17. The molecule has 1 aromatic rings. The fourth-order valence-corrected chi connectivity index (χ4v) is 4.09. The van der Waals surface area contributed by atoms with E-state index in [1.807, 2.05) is 0 Å². The predicted molar refractivity (Wildman–Crippen MR) is 107 cm³/mol. The lowest BCUT2D eigenvalue weighted by Crippen LogP contribution is -2.50. The highest BCUT2D eigenvalue weighted by Gasteiger charge is 2.55. The van der Waals surface area contributed by atoms with Crippen LogP contribution in [0.15, 0.2) is 47.4 Å². The maximum atomic E-state index is 12.7. The summed E-state index contributed by atoms with van der Waals surface area (Å²) in [5.41, 5.74) is 5.18. The minimum atomic E-state index is -1.76. The maximum Gasteiger partial charge on any atom is 0.410 e. The summed E-state index contributed by atoms with van der Waals surface area (Å²) in [4.78, 5) is 18.3. The molecular weight excluding hydrogens is 380 g/mol.